The van der Waals surface area contributed by atoms with Gasteiger partial charge in [-0.05, 0) is 18.8 Å². The first-order valence-electron chi connectivity index (χ1n) is 8.30. The number of nitrogens with one attached hydrogen (secondary N) is 1. The van der Waals surface area contributed by atoms with E-state index >= 15 is 0 Å². The Labute approximate surface area is 132 Å². The maximum atomic E-state index is 5.36. The summed E-state index contributed by atoms with van der Waals surface area (Å²) in [6.07, 6.45) is 4.12. The second-order valence-electron chi connectivity index (χ2n) is 6.19. The number of ether oxygens (including phenoxy) is 1. The Balaban J connectivity index is 1.48. The molecular weight excluding hydrogens is 280 g/mol. The summed E-state index contributed by atoms with van der Waals surface area (Å²) in [5.41, 5.74) is 0. The molecule has 122 valence electrons. The molecule has 1 N–H and O–H groups in total. The van der Waals surface area contributed by atoms with Crippen LogP contribution in [0.3, 0.4) is 0 Å². The van der Waals surface area contributed by atoms with E-state index in [4.69, 9.17) is 4.74 Å². The van der Waals surface area contributed by atoms with E-state index in [9.17, 15) is 0 Å². The Hall–Kier alpha value is -1.47. The zero-order valence-electron chi connectivity index (χ0n) is 13.4. The van der Waals surface area contributed by atoms with E-state index in [0.717, 1.165) is 70.2 Å². The third-order valence-electron chi connectivity index (χ3n) is 4.45. The van der Waals surface area contributed by atoms with Crippen LogP contribution in [0.25, 0.3) is 0 Å². The fourth-order valence-corrected chi connectivity index (χ4v) is 2.89. The second kappa shape index (κ2) is 7.69. The van der Waals surface area contributed by atoms with Crippen LogP contribution in [0.1, 0.15) is 19.8 Å². The quantitative estimate of drug-likeness (QED) is 0.865. The van der Waals surface area contributed by atoms with E-state index in [0.29, 0.717) is 0 Å². The van der Waals surface area contributed by atoms with Crippen LogP contribution in [0.15, 0.2) is 6.20 Å². The lowest BCUT2D eigenvalue weighted by molar-refractivity contribution is 0.0398. The summed E-state index contributed by atoms with van der Waals surface area (Å²) in [6.45, 7) is 9.94. The molecule has 0 spiro atoms. The van der Waals surface area contributed by atoms with E-state index in [1.165, 1.54) is 12.8 Å². The molecule has 0 atom stereocenters. The molecule has 3 rings (SSSR count). The van der Waals surface area contributed by atoms with Gasteiger partial charge < -0.3 is 15.0 Å². The van der Waals surface area contributed by atoms with Crippen LogP contribution in [0, 0.1) is 5.92 Å². The Morgan fingerprint density at radius 3 is 2.77 bits per heavy atom. The number of anilines is 2. The smallest absolute Gasteiger partial charge is 0.247 e. The fraction of sp³-hybridized carbons (Fsp3) is 0.800. The predicted octanol–water partition coefficient (Wildman–Crippen LogP) is 0.852. The molecule has 3 heterocycles. The molecule has 2 fully saturated rings. The van der Waals surface area contributed by atoms with Crippen molar-refractivity contribution in [3.63, 3.8) is 0 Å². The van der Waals surface area contributed by atoms with Crippen LogP contribution in [0.4, 0.5) is 11.8 Å². The van der Waals surface area contributed by atoms with Gasteiger partial charge in [-0.1, -0.05) is 6.92 Å². The molecule has 0 unspecified atom stereocenters. The molecule has 2 saturated heterocycles. The first-order chi connectivity index (χ1) is 10.8. The largest absolute Gasteiger partial charge is 0.379 e. The average Bonchev–Trinajstić information content (AvgIpc) is 2.57. The van der Waals surface area contributed by atoms with Gasteiger partial charge in [-0.2, -0.15) is 10.1 Å². The standard InChI is InChI=1S/C15H26N6O/c1-13-2-5-21(6-3-13)15-18-14(12-17-19-15)16-4-7-20-8-10-22-11-9-20/h12-13H,2-11H2,1H3,(H,16,18,19). The van der Waals surface area contributed by atoms with Crippen molar-refractivity contribution in [2.45, 2.75) is 19.8 Å². The van der Waals surface area contributed by atoms with Crippen molar-refractivity contribution in [3.8, 4) is 0 Å². The highest BCUT2D eigenvalue weighted by Crippen LogP contribution is 2.20. The first-order valence-corrected chi connectivity index (χ1v) is 8.30. The van der Waals surface area contributed by atoms with Crippen LogP contribution < -0.4 is 10.2 Å². The molecule has 0 aromatic carbocycles. The van der Waals surface area contributed by atoms with Gasteiger partial charge in [-0.3, -0.25) is 4.90 Å². The molecule has 22 heavy (non-hydrogen) atoms. The summed E-state index contributed by atoms with van der Waals surface area (Å²) >= 11 is 0. The summed E-state index contributed by atoms with van der Waals surface area (Å²) in [5, 5.41) is 11.6. The molecular formula is C15H26N6O. The lowest BCUT2D eigenvalue weighted by atomic mass is 10.00. The van der Waals surface area contributed by atoms with Crippen LogP contribution in [0.5, 0.6) is 0 Å². The number of hydrogen-bond donors (Lipinski definition) is 1. The van der Waals surface area contributed by atoms with Gasteiger partial charge in [-0.25, -0.2) is 0 Å². The molecule has 0 aliphatic carbocycles. The van der Waals surface area contributed by atoms with E-state index in [2.05, 4.69) is 37.2 Å². The van der Waals surface area contributed by atoms with Gasteiger partial charge in [0.2, 0.25) is 5.95 Å². The maximum Gasteiger partial charge on any atom is 0.247 e. The monoisotopic (exact) mass is 306 g/mol. The minimum Gasteiger partial charge on any atom is -0.379 e. The predicted molar refractivity (Wildman–Crippen MR) is 86.2 cm³/mol. The Morgan fingerprint density at radius 1 is 1.23 bits per heavy atom. The van der Waals surface area contributed by atoms with Crippen molar-refractivity contribution < 1.29 is 4.74 Å². The second-order valence-corrected chi connectivity index (χ2v) is 6.19. The summed E-state index contributed by atoms with van der Waals surface area (Å²) in [6, 6.07) is 0. The van der Waals surface area contributed by atoms with Gasteiger partial charge in [0, 0.05) is 39.3 Å². The Kier molecular flexibility index (Phi) is 5.39. The van der Waals surface area contributed by atoms with Gasteiger partial charge in [-0.15, -0.1) is 5.10 Å². The van der Waals surface area contributed by atoms with E-state index in [-0.39, 0.29) is 0 Å². The average molecular weight is 306 g/mol. The molecule has 0 amide bonds. The molecule has 7 nitrogen and oxygen atoms in total. The Morgan fingerprint density at radius 2 is 2.00 bits per heavy atom. The number of hydrogen-bond acceptors (Lipinski definition) is 7. The lowest BCUT2D eigenvalue weighted by Gasteiger charge is -2.30. The molecule has 2 aliphatic rings. The van der Waals surface area contributed by atoms with Gasteiger partial charge in [0.25, 0.3) is 0 Å². The zero-order valence-corrected chi connectivity index (χ0v) is 13.4. The molecule has 7 heteroatoms. The Bertz CT molecular complexity index is 457. The third-order valence-corrected chi connectivity index (χ3v) is 4.45. The van der Waals surface area contributed by atoms with E-state index in [1.54, 1.807) is 6.20 Å². The van der Waals surface area contributed by atoms with Crippen molar-refractivity contribution >= 4 is 11.8 Å². The normalized spacial score (nSPS) is 21.0. The van der Waals surface area contributed by atoms with Crippen molar-refractivity contribution in [2.75, 3.05) is 62.7 Å². The minimum absolute atomic E-state index is 0.753. The number of aromatic nitrogens is 3. The summed E-state index contributed by atoms with van der Waals surface area (Å²) in [7, 11) is 0. The summed E-state index contributed by atoms with van der Waals surface area (Å²) in [4.78, 5) is 9.24. The molecule has 2 aliphatic heterocycles. The topological polar surface area (TPSA) is 66.4 Å². The molecule has 0 saturated carbocycles. The zero-order chi connectivity index (χ0) is 15.2. The van der Waals surface area contributed by atoms with Crippen molar-refractivity contribution in [1.82, 2.24) is 20.1 Å². The number of morpholine rings is 1. The van der Waals surface area contributed by atoms with E-state index in [1.807, 2.05) is 0 Å². The van der Waals surface area contributed by atoms with Gasteiger partial charge in [0.05, 0.1) is 19.4 Å². The van der Waals surface area contributed by atoms with Crippen LogP contribution in [-0.2, 0) is 4.74 Å². The number of nitrogens with zero attached hydrogens (tertiary/aromatic N) is 5. The van der Waals surface area contributed by atoms with Crippen LogP contribution in [-0.4, -0.2) is 72.6 Å². The summed E-state index contributed by atoms with van der Waals surface area (Å²) in [5.74, 6) is 2.37. The molecule has 0 bridgehead atoms. The van der Waals surface area contributed by atoms with Crippen molar-refractivity contribution in [1.29, 1.82) is 0 Å². The van der Waals surface area contributed by atoms with Gasteiger partial charge >= 0.3 is 0 Å². The highest BCUT2D eigenvalue weighted by Gasteiger charge is 2.18. The summed E-state index contributed by atoms with van der Waals surface area (Å²) < 4.78 is 5.36. The van der Waals surface area contributed by atoms with Crippen LogP contribution in [0.2, 0.25) is 0 Å². The highest BCUT2D eigenvalue weighted by molar-refractivity contribution is 5.39. The van der Waals surface area contributed by atoms with Crippen molar-refractivity contribution in [2.24, 2.45) is 5.92 Å². The van der Waals surface area contributed by atoms with Crippen LogP contribution >= 0.6 is 0 Å². The van der Waals surface area contributed by atoms with Crippen molar-refractivity contribution in [3.05, 3.63) is 6.20 Å². The van der Waals surface area contributed by atoms with E-state index < -0.39 is 0 Å². The fourth-order valence-electron chi connectivity index (χ4n) is 2.89. The van der Waals surface area contributed by atoms with Gasteiger partial charge in [0.15, 0.2) is 5.82 Å². The SMILES string of the molecule is CC1CCN(c2nncc(NCCN3CCOCC3)n2)CC1. The first kappa shape index (κ1) is 15.4. The number of rotatable bonds is 5. The third kappa shape index (κ3) is 4.27. The lowest BCUT2D eigenvalue weighted by Crippen LogP contribution is -2.39. The molecule has 1 aromatic heterocycles. The minimum atomic E-state index is 0.753. The molecule has 0 radical (unpaired) electrons. The highest BCUT2D eigenvalue weighted by atomic mass is 16.5. The maximum absolute atomic E-state index is 5.36. The van der Waals surface area contributed by atoms with Gasteiger partial charge in [0.1, 0.15) is 0 Å². The number of piperidine rings is 1. The molecule has 1 aromatic rings.